The molecule has 0 fully saturated rings. The second kappa shape index (κ2) is 8.60. The second-order valence-corrected chi connectivity index (χ2v) is 9.27. The Morgan fingerprint density at radius 3 is 2.69 bits per heavy atom. The van der Waals surface area contributed by atoms with Crippen molar-refractivity contribution in [2.75, 3.05) is 7.11 Å². The maximum Gasteiger partial charge on any atom is 0.258 e. The van der Waals surface area contributed by atoms with Gasteiger partial charge in [0.05, 0.1) is 33.8 Å². The topological polar surface area (TPSA) is 85.7 Å². The predicted molar refractivity (Wildman–Crippen MR) is 128 cm³/mol. The molecule has 1 unspecified atom stereocenters. The molecule has 0 aliphatic heterocycles. The molecule has 1 atom stereocenters. The normalized spacial score (nSPS) is 12.2. The van der Waals surface area contributed by atoms with Gasteiger partial charge in [-0.05, 0) is 42.6 Å². The Hall–Kier alpha value is -3.43. The number of aromatic amines is 1. The van der Waals surface area contributed by atoms with Crippen LogP contribution in [-0.4, -0.2) is 31.8 Å². The molecule has 32 heavy (non-hydrogen) atoms. The SMILES string of the molecule is COc1ccccc1-n1c(SC(C)c2nc3ccccc3c(=O)[nH]2)nnc1-c1cccs1. The summed E-state index contributed by atoms with van der Waals surface area (Å²) in [5.74, 6) is 2.04. The molecule has 5 aromatic rings. The number of H-pyrrole nitrogens is 1. The molecule has 0 amide bonds. The van der Waals surface area contributed by atoms with Gasteiger partial charge >= 0.3 is 0 Å². The van der Waals surface area contributed by atoms with E-state index in [2.05, 4.69) is 20.2 Å². The summed E-state index contributed by atoms with van der Waals surface area (Å²) in [6.45, 7) is 1.99. The van der Waals surface area contributed by atoms with Crippen molar-refractivity contribution < 1.29 is 4.74 Å². The standard InChI is InChI=1S/C23H19N5O2S2/c1-14(20-24-16-9-4-3-8-15(16)22(29)25-20)32-23-27-26-21(19-12-7-13-31-19)28(23)17-10-5-6-11-18(17)30-2/h3-14H,1-2H3,(H,24,25,29). The molecule has 0 aliphatic rings. The highest BCUT2D eigenvalue weighted by Crippen LogP contribution is 2.38. The highest BCUT2D eigenvalue weighted by molar-refractivity contribution is 7.99. The van der Waals surface area contributed by atoms with Crippen LogP contribution in [0.1, 0.15) is 18.0 Å². The van der Waals surface area contributed by atoms with Gasteiger partial charge < -0.3 is 9.72 Å². The van der Waals surface area contributed by atoms with Gasteiger partial charge in [0.15, 0.2) is 11.0 Å². The molecule has 3 heterocycles. The van der Waals surface area contributed by atoms with Gasteiger partial charge in [0.2, 0.25) is 0 Å². The van der Waals surface area contributed by atoms with Crippen LogP contribution in [0.4, 0.5) is 0 Å². The molecule has 9 heteroatoms. The van der Waals surface area contributed by atoms with Crippen LogP contribution in [-0.2, 0) is 0 Å². The Bertz CT molecular complexity index is 1440. The number of nitrogens with zero attached hydrogens (tertiary/aromatic N) is 4. The number of hydrogen-bond donors (Lipinski definition) is 1. The minimum atomic E-state index is -0.166. The van der Waals surface area contributed by atoms with Gasteiger partial charge in [-0.2, -0.15) is 0 Å². The summed E-state index contributed by atoms with van der Waals surface area (Å²) in [4.78, 5) is 21.1. The van der Waals surface area contributed by atoms with Crippen molar-refractivity contribution >= 4 is 34.0 Å². The number of hydrogen-bond acceptors (Lipinski definition) is 7. The lowest BCUT2D eigenvalue weighted by Gasteiger charge is -2.15. The van der Waals surface area contributed by atoms with Gasteiger partial charge in [0.25, 0.3) is 5.56 Å². The van der Waals surface area contributed by atoms with Crippen LogP contribution in [0.3, 0.4) is 0 Å². The molecule has 2 aromatic carbocycles. The van der Waals surface area contributed by atoms with Crippen molar-refractivity contribution in [1.29, 1.82) is 0 Å². The van der Waals surface area contributed by atoms with Crippen molar-refractivity contribution in [3.63, 3.8) is 0 Å². The molecule has 1 N–H and O–H groups in total. The second-order valence-electron chi connectivity index (χ2n) is 7.02. The summed E-state index contributed by atoms with van der Waals surface area (Å²) in [5, 5.41) is 12.1. The van der Waals surface area contributed by atoms with E-state index in [-0.39, 0.29) is 10.8 Å². The number of nitrogens with one attached hydrogen (secondary N) is 1. The lowest BCUT2D eigenvalue weighted by atomic mass is 10.2. The number of para-hydroxylation sites is 3. The minimum absolute atomic E-state index is 0.150. The number of benzene rings is 2. The number of fused-ring (bicyclic) bond motifs is 1. The van der Waals surface area contributed by atoms with E-state index in [9.17, 15) is 4.79 Å². The molecule has 0 aliphatic carbocycles. The Labute approximate surface area is 192 Å². The monoisotopic (exact) mass is 461 g/mol. The minimum Gasteiger partial charge on any atom is -0.495 e. The number of thioether (sulfide) groups is 1. The molecule has 0 saturated heterocycles. The van der Waals surface area contributed by atoms with Crippen LogP contribution >= 0.6 is 23.1 Å². The van der Waals surface area contributed by atoms with Crippen LogP contribution in [0.5, 0.6) is 5.75 Å². The number of rotatable bonds is 6. The largest absolute Gasteiger partial charge is 0.495 e. The van der Waals surface area contributed by atoms with Gasteiger partial charge in [-0.25, -0.2) is 4.98 Å². The first-order valence-electron chi connectivity index (χ1n) is 9.94. The molecule has 0 saturated carbocycles. The highest BCUT2D eigenvalue weighted by Gasteiger charge is 2.22. The van der Waals surface area contributed by atoms with Gasteiger partial charge in [0.1, 0.15) is 11.6 Å². The molecule has 5 rings (SSSR count). The Morgan fingerprint density at radius 1 is 1.06 bits per heavy atom. The molecule has 160 valence electrons. The molecule has 0 radical (unpaired) electrons. The first-order valence-corrected chi connectivity index (χ1v) is 11.7. The number of aromatic nitrogens is 5. The summed E-state index contributed by atoms with van der Waals surface area (Å²) in [7, 11) is 1.65. The fourth-order valence-electron chi connectivity index (χ4n) is 3.45. The maximum absolute atomic E-state index is 12.5. The smallest absolute Gasteiger partial charge is 0.258 e. The first-order chi connectivity index (χ1) is 15.7. The average Bonchev–Trinajstić information content (AvgIpc) is 3.49. The predicted octanol–water partition coefficient (Wildman–Crippen LogP) is 5.09. The van der Waals surface area contributed by atoms with Crippen LogP contribution in [0.15, 0.2) is 76.0 Å². The molecule has 0 bridgehead atoms. The zero-order valence-electron chi connectivity index (χ0n) is 17.4. The van der Waals surface area contributed by atoms with Crippen molar-refractivity contribution in [3.05, 3.63) is 82.2 Å². The molecular formula is C23H19N5O2S2. The van der Waals surface area contributed by atoms with Gasteiger partial charge in [0, 0.05) is 0 Å². The Kier molecular flexibility index (Phi) is 5.50. The van der Waals surface area contributed by atoms with E-state index in [0.717, 1.165) is 22.1 Å². The van der Waals surface area contributed by atoms with Crippen LogP contribution < -0.4 is 10.3 Å². The molecular weight excluding hydrogens is 442 g/mol. The van der Waals surface area contributed by atoms with Crippen LogP contribution in [0.25, 0.3) is 27.3 Å². The van der Waals surface area contributed by atoms with Crippen molar-refractivity contribution in [2.45, 2.75) is 17.3 Å². The molecule has 0 spiro atoms. The summed E-state index contributed by atoms with van der Waals surface area (Å²) < 4.78 is 7.60. The van der Waals surface area contributed by atoms with E-state index < -0.39 is 0 Å². The third-order valence-corrected chi connectivity index (χ3v) is 6.92. The molecule has 7 nitrogen and oxygen atoms in total. The zero-order valence-corrected chi connectivity index (χ0v) is 19.0. The van der Waals surface area contributed by atoms with E-state index in [0.29, 0.717) is 21.9 Å². The van der Waals surface area contributed by atoms with E-state index >= 15 is 0 Å². The number of methoxy groups -OCH3 is 1. The summed E-state index contributed by atoms with van der Waals surface area (Å²) in [5.41, 5.74) is 1.37. The van der Waals surface area contributed by atoms with E-state index in [1.807, 2.05) is 71.5 Å². The third-order valence-electron chi connectivity index (χ3n) is 5.00. The zero-order chi connectivity index (χ0) is 22.1. The van der Waals surface area contributed by atoms with Crippen LogP contribution in [0, 0.1) is 0 Å². The van der Waals surface area contributed by atoms with Crippen molar-refractivity contribution in [3.8, 4) is 22.1 Å². The average molecular weight is 462 g/mol. The van der Waals surface area contributed by atoms with Crippen molar-refractivity contribution in [2.24, 2.45) is 0 Å². The highest BCUT2D eigenvalue weighted by atomic mass is 32.2. The fourth-order valence-corrected chi connectivity index (χ4v) is 5.07. The number of ether oxygens (including phenoxy) is 1. The van der Waals surface area contributed by atoms with E-state index in [4.69, 9.17) is 4.74 Å². The third kappa shape index (κ3) is 3.69. The summed E-state index contributed by atoms with van der Waals surface area (Å²) in [6.07, 6.45) is 0. The number of thiophene rings is 1. The van der Waals surface area contributed by atoms with Gasteiger partial charge in [-0.15, -0.1) is 21.5 Å². The lowest BCUT2D eigenvalue weighted by molar-refractivity contribution is 0.412. The summed E-state index contributed by atoms with van der Waals surface area (Å²) in [6, 6.07) is 19.1. The van der Waals surface area contributed by atoms with E-state index in [1.54, 1.807) is 24.5 Å². The Morgan fingerprint density at radius 2 is 1.88 bits per heavy atom. The van der Waals surface area contributed by atoms with E-state index in [1.165, 1.54) is 11.8 Å². The lowest BCUT2D eigenvalue weighted by Crippen LogP contribution is -2.13. The van der Waals surface area contributed by atoms with Crippen molar-refractivity contribution in [1.82, 2.24) is 24.7 Å². The summed E-state index contributed by atoms with van der Waals surface area (Å²) >= 11 is 3.08. The van der Waals surface area contributed by atoms with Crippen LogP contribution in [0.2, 0.25) is 0 Å². The fraction of sp³-hybridized carbons (Fsp3) is 0.130. The Balaban J connectivity index is 1.59. The first kappa shape index (κ1) is 20.5. The maximum atomic E-state index is 12.5. The quantitative estimate of drug-likeness (QED) is 0.354. The van der Waals surface area contributed by atoms with Gasteiger partial charge in [-0.3, -0.25) is 9.36 Å². The molecule has 3 aromatic heterocycles. The van der Waals surface area contributed by atoms with Gasteiger partial charge in [-0.1, -0.05) is 42.1 Å².